The number of thiazole rings is 1. The van der Waals surface area contributed by atoms with Crippen LogP contribution < -0.4 is 0 Å². The minimum atomic E-state index is 0.0757. The Morgan fingerprint density at radius 3 is 2.86 bits per heavy atom. The van der Waals surface area contributed by atoms with Crippen molar-refractivity contribution in [1.29, 1.82) is 0 Å². The standard InChI is InChI=1S/C22H23ClN4OS/c23-15-8-9-16-19(13-15)27(11-12-28)21(24-16)14-26-10-4-3-6-18(26)22-25-17-5-1-2-7-20(17)29-22/h1-2,5,7-9,13,18,28H,3-4,6,10-12,14H2/t18-/m0/s1. The summed E-state index contributed by atoms with van der Waals surface area (Å²) in [6, 6.07) is 14.4. The fourth-order valence-electron chi connectivity index (χ4n) is 4.29. The molecule has 0 saturated carbocycles. The van der Waals surface area contributed by atoms with E-state index in [0.29, 0.717) is 17.6 Å². The van der Waals surface area contributed by atoms with Gasteiger partial charge in [0.05, 0.1) is 40.4 Å². The quantitative estimate of drug-likeness (QED) is 0.487. The molecule has 0 bridgehead atoms. The van der Waals surface area contributed by atoms with Crippen LogP contribution in [0.5, 0.6) is 0 Å². The van der Waals surface area contributed by atoms with Gasteiger partial charge in [-0.2, -0.15) is 0 Å². The molecule has 1 atom stereocenters. The number of nitrogens with zero attached hydrogens (tertiary/aromatic N) is 4. The number of para-hydroxylation sites is 1. The van der Waals surface area contributed by atoms with Gasteiger partial charge >= 0.3 is 0 Å². The highest BCUT2D eigenvalue weighted by Gasteiger charge is 2.28. The normalized spacial score (nSPS) is 18.1. The Labute approximate surface area is 178 Å². The number of aliphatic hydroxyl groups excluding tert-OH is 1. The monoisotopic (exact) mass is 426 g/mol. The molecule has 1 aliphatic rings. The molecular formula is C22H23ClN4OS. The third-order valence-electron chi connectivity index (χ3n) is 5.67. The van der Waals surface area contributed by atoms with Crippen molar-refractivity contribution in [2.24, 2.45) is 0 Å². The van der Waals surface area contributed by atoms with Gasteiger partial charge in [-0.1, -0.05) is 30.2 Å². The van der Waals surface area contributed by atoms with Gasteiger partial charge in [-0.3, -0.25) is 4.90 Å². The number of piperidine rings is 1. The first kappa shape index (κ1) is 19.0. The maximum atomic E-state index is 9.60. The summed E-state index contributed by atoms with van der Waals surface area (Å²) < 4.78 is 3.35. The highest BCUT2D eigenvalue weighted by molar-refractivity contribution is 7.18. The lowest BCUT2D eigenvalue weighted by Crippen LogP contribution is -2.34. The van der Waals surface area contributed by atoms with Crippen molar-refractivity contribution in [2.75, 3.05) is 13.2 Å². The lowest BCUT2D eigenvalue weighted by Gasteiger charge is -2.34. The minimum Gasteiger partial charge on any atom is -0.395 e. The summed E-state index contributed by atoms with van der Waals surface area (Å²) in [5.74, 6) is 0.976. The fraction of sp³-hybridized carbons (Fsp3) is 0.364. The third kappa shape index (κ3) is 3.66. The third-order valence-corrected chi connectivity index (χ3v) is 7.04. The average Bonchev–Trinajstić information content (AvgIpc) is 3.30. The zero-order valence-electron chi connectivity index (χ0n) is 16.1. The van der Waals surface area contributed by atoms with Crippen LogP contribution in [0.4, 0.5) is 0 Å². The Morgan fingerprint density at radius 2 is 2.00 bits per heavy atom. The summed E-state index contributed by atoms with van der Waals surface area (Å²) in [4.78, 5) is 12.3. The number of halogens is 1. The number of benzene rings is 2. The van der Waals surface area contributed by atoms with Crippen molar-refractivity contribution >= 4 is 44.2 Å². The van der Waals surface area contributed by atoms with Gasteiger partial charge in [-0.25, -0.2) is 9.97 Å². The molecule has 0 aliphatic carbocycles. The van der Waals surface area contributed by atoms with Gasteiger partial charge in [0, 0.05) is 11.6 Å². The molecule has 2 aromatic heterocycles. The molecule has 4 aromatic rings. The Balaban J connectivity index is 1.50. The van der Waals surface area contributed by atoms with Gasteiger partial charge in [0.25, 0.3) is 0 Å². The largest absolute Gasteiger partial charge is 0.395 e. The second kappa shape index (κ2) is 8.03. The highest BCUT2D eigenvalue weighted by atomic mass is 35.5. The van der Waals surface area contributed by atoms with Crippen molar-refractivity contribution in [1.82, 2.24) is 19.4 Å². The fourth-order valence-corrected chi connectivity index (χ4v) is 5.59. The summed E-state index contributed by atoms with van der Waals surface area (Å²) in [6.45, 7) is 2.37. The molecule has 0 amide bonds. The molecule has 0 spiro atoms. The maximum absolute atomic E-state index is 9.60. The zero-order valence-corrected chi connectivity index (χ0v) is 17.7. The van der Waals surface area contributed by atoms with E-state index in [9.17, 15) is 5.11 Å². The molecule has 1 saturated heterocycles. The van der Waals surface area contributed by atoms with E-state index in [2.05, 4.69) is 27.7 Å². The highest BCUT2D eigenvalue weighted by Crippen LogP contribution is 2.36. The molecular weight excluding hydrogens is 404 g/mol. The van der Waals surface area contributed by atoms with Crippen LogP contribution in [-0.4, -0.2) is 37.7 Å². The van der Waals surface area contributed by atoms with Crippen LogP contribution >= 0.6 is 22.9 Å². The van der Waals surface area contributed by atoms with E-state index in [1.54, 1.807) is 11.3 Å². The number of imidazole rings is 1. The van der Waals surface area contributed by atoms with Gasteiger partial charge in [-0.05, 0) is 49.7 Å². The number of hydrogen-bond acceptors (Lipinski definition) is 5. The Bertz CT molecular complexity index is 1120. The van der Waals surface area contributed by atoms with E-state index >= 15 is 0 Å². The number of aromatic nitrogens is 3. The first-order chi connectivity index (χ1) is 14.2. The lowest BCUT2D eigenvalue weighted by atomic mass is 10.0. The first-order valence-corrected chi connectivity index (χ1v) is 11.3. The molecule has 1 aliphatic heterocycles. The van der Waals surface area contributed by atoms with E-state index in [0.717, 1.165) is 41.9 Å². The Morgan fingerprint density at radius 1 is 1.10 bits per heavy atom. The number of fused-ring (bicyclic) bond motifs is 2. The van der Waals surface area contributed by atoms with Crippen LogP contribution in [0, 0.1) is 0 Å². The van der Waals surface area contributed by atoms with Gasteiger partial charge in [-0.15, -0.1) is 11.3 Å². The number of aliphatic hydroxyl groups is 1. The molecule has 29 heavy (non-hydrogen) atoms. The number of likely N-dealkylation sites (tertiary alicyclic amines) is 1. The van der Waals surface area contributed by atoms with E-state index in [-0.39, 0.29) is 6.61 Å². The van der Waals surface area contributed by atoms with Crippen LogP contribution in [0.15, 0.2) is 42.5 Å². The van der Waals surface area contributed by atoms with Crippen molar-refractivity contribution in [3.8, 4) is 0 Å². The lowest BCUT2D eigenvalue weighted by molar-refractivity contribution is 0.134. The predicted octanol–water partition coefficient (Wildman–Crippen LogP) is 5.02. The summed E-state index contributed by atoms with van der Waals surface area (Å²) in [7, 11) is 0. The SMILES string of the molecule is OCCn1c(CN2CCCC[C@H]2c2nc3ccccc3s2)nc2ccc(Cl)cc21. The van der Waals surface area contributed by atoms with Crippen LogP contribution in [0.3, 0.4) is 0 Å². The molecule has 1 fully saturated rings. The van der Waals surface area contributed by atoms with E-state index in [1.165, 1.54) is 22.5 Å². The first-order valence-electron chi connectivity index (χ1n) is 10.1. The summed E-state index contributed by atoms with van der Waals surface area (Å²) in [5, 5.41) is 11.5. The molecule has 5 nitrogen and oxygen atoms in total. The van der Waals surface area contributed by atoms with Crippen LogP contribution in [0.1, 0.15) is 36.1 Å². The summed E-state index contributed by atoms with van der Waals surface area (Å²) in [5.41, 5.74) is 2.99. The van der Waals surface area contributed by atoms with Crippen molar-refractivity contribution < 1.29 is 5.11 Å². The molecule has 0 unspecified atom stereocenters. The van der Waals surface area contributed by atoms with Gasteiger partial charge in [0.1, 0.15) is 10.8 Å². The molecule has 3 heterocycles. The minimum absolute atomic E-state index is 0.0757. The molecule has 1 N–H and O–H groups in total. The molecule has 5 rings (SSSR count). The maximum Gasteiger partial charge on any atom is 0.124 e. The summed E-state index contributed by atoms with van der Waals surface area (Å²) in [6.07, 6.45) is 3.53. The topological polar surface area (TPSA) is 54.2 Å². The molecule has 0 radical (unpaired) electrons. The van der Waals surface area contributed by atoms with Crippen molar-refractivity contribution in [3.05, 3.63) is 58.3 Å². The molecule has 2 aromatic carbocycles. The molecule has 150 valence electrons. The van der Waals surface area contributed by atoms with E-state index in [1.807, 2.05) is 24.3 Å². The van der Waals surface area contributed by atoms with Crippen LogP contribution in [0.25, 0.3) is 21.3 Å². The Hall–Kier alpha value is -1.99. The smallest absolute Gasteiger partial charge is 0.124 e. The van der Waals surface area contributed by atoms with Gasteiger partial charge in [0.15, 0.2) is 0 Å². The second-order valence-corrected chi connectivity index (χ2v) is 9.04. The van der Waals surface area contributed by atoms with Gasteiger partial charge in [0.2, 0.25) is 0 Å². The van der Waals surface area contributed by atoms with Crippen molar-refractivity contribution in [3.63, 3.8) is 0 Å². The van der Waals surface area contributed by atoms with Gasteiger partial charge < -0.3 is 9.67 Å². The predicted molar refractivity (Wildman–Crippen MR) is 118 cm³/mol. The van der Waals surface area contributed by atoms with Crippen LogP contribution in [0.2, 0.25) is 5.02 Å². The Kier molecular flexibility index (Phi) is 5.26. The van der Waals surface area contributed by atoms with E-state index in [4.69, 9.17) is 21.6 Å². The second-order valence-electron chi connectivity index (χ2n) is 7.54. The number of rotatable bonds is 5. The zero-order chi connectivity index (χ0) is 19.8. The average molecular weight is 427 g/mol. The molecule has 7 heteroatoms. The number of hydrogen-bond donors (Lipinski definition) is 1. The van der Waals surface area contributed by atoms with Crippen LogP contribution in [-0.2, 0) is 13.1 Å². The van der Waals surface area contributed by atoms with Crippen molar-refractivity contribution in [2.45, 2.75) is 38.4 Å². The van der Waals surface area contributed by atoms with E-state index < -0.39 is 0 Å². The summed E-state index contributed by atoms with van der Waals surface area (Å²) >= 11 is 8.02.